The van der Waals surface area contributed by atoms with Gasteiger partial charge in [0.15, 0.2) is 0 Å². The van der Waals surface area contributed by atoms with Crippen LogP contribution in [0.2, 0.25) is 0 Å². The molecule has 3 nitrogen and oxygen atoms in total. The fraction of sp³-hybridized carbons (Fsp3) is 0.923. The normalized spacial score (nSPS) is 25.4. The van der Waals surface area contributed by atoms with Crippen molar-refractivity contribution in [2.45, 2.75) is 37.9 Å². The van der Waals surface area contributed by atoms with Crippen LogP contribution in [0.4, 0.5) is 0 Å². The highest BCUT2D eigenvalue weighted by Gasteiger charge is 2.57. The van der Waals surface area contributed by atoms with Crippen LogP contribution in [-0.4, -0.2) is 36.5 Å². The largest absolute Gasteiger partial charge is 0.354 e. The highest BCUT2D eigenvalue weighted by Crippen LogP contribution is 2.58. The van der Waals surface area contributed by atoms with E-state index in [1.165, 1.54) is 12.8 Å². The van der Waals surface area contributed by atoms with E-state index in [4.69, 9.17) is 0 Å². The number of thioether (sulfide) groups is 1. The van der Waals surface area contributed by atoms with Gasteiger partial charge in [-0.15, -0.1) is 12.4 Å². The third-order valence-electron chi connectivity index (χ3n) is 4.35. The first-order valence-electron chi connectivity index (χ1n) is 6.53. The van der Waals surface area contributed by atoms with Crippen LogP contribution < -0.4 is 10.6 Å². The quantitative estimate of drug-likeness (QED) is 0.833. The first kappa shape index (κ1) is 16.1. The molecule has 1 saturated heterocycles. The van der Waals surface area contributed by atoms with Gasteiger partial charge in [0.05, 0.1) is 0 Å². The molecule has 1 aliphatic heterocycles. The van der Waals surface area contributed by atoms with Gasteiger partial charge in [0.25, 0.3) is 0 Å². The second-order valence-electron chi connectivity index (χ2n) is 6.05. The lowest BCUT2D eigenvalue weighted by molar-refractivity contribution is -0.123. The SMILES string of the molecule is CSC(C)(C)CNC(=O)C1CC12CCNCC2.Cl. The Kier molecular flexibility index (Phi) is 5.39. The molecule has 0 aromatic carbocycles. The fourth-order valence-electron chi connectivity index (χ4n) is 2.69. The van der Waals surface area contributed by atoms with Gasteiger partial charge in [-0.05, 0) is 57.9 Å². The van der Waals surface area contributed by atoms with Gasteiger partial charge >= 0.3 is 0 Å². The van der Waals surface area contributed by atoms with Crippen molar-refractivity contribution in [1.29, 1.82) is 0 Å². The Morgan fingerprint density at radius 1 is 1.44 bits per heavy atom. The van der Waals surface area contributed by atoms with E-state index < -0.39 is 0 Å². The van der Waals surface area contributed by atoms with Crippen LogP contribution in [-0.2, 0) is 4.79 Å². The first-order valence-corrected chi connectivity index (χ1v) is 7.75. The highest BCUT2D eigenvalue weighted by atomic mass is 35.5. The summed E-state index contributed by atoms with van der Waals surface area (Å²) in [5, 5.41) is 6.50. The minimum Gasteiger partial charge on any atom is -0.354 e. The Morgan fingerprint density at radius 3 is 2.61 bits per heavy atom. The third-order valence-corrected chi connectivity index (χ3v) is 5.60. The van der Waals surface area contributed by atoms with Gasteiger partial charge in [0.2, 0.25) is 5.91 Å². The summed E-state index contributed by atoms with van der Waals surface area (Å²) in [6, 6.07) is 0. The van der Waals surface area contributed by atoms with Crippen LogP contribution in [0.3, 0.4) is 0 Å². The summed E-state index contributed by atoms with van der Waals surface area (Å²) in [6.45, 7) is 7.29. The molecule has 0 radical (unpaired) electrons. The molecule has 1 aliphatic carbocycles. The van der Waals surface area contributed by atoms with E-state index in [0.29, 0.717) is 11.3 Å². The molecule has 2 rings (SSSR count). The lowest BCUT2D eigenvalue weighted by atomic mass is 9.92. The van der Waals surface area contributed by atoms with Crippen molar-refractivity contribution in [1.82, 2.24) is 10.6 Å². The number of carbonyl (C=O) groups excluding carboxylic acids is 1. The third kappa shape index (κ3) is 3.55. The van der Waals surface area contributed by atoms with Crippen LogP contribution in [0.5, 0.6) is 0 Å². The van der Waals surface area contributed by atoms with Crippen LogP contribution in [0.1, 0.15) is 33.1 Å². The van der Waals surface area contributed by atoms with Crippen molar-refractivity contribution in [3.8, 4) is 0 Å². The van der Waals surface area contributed by atoms with Crippen molar-refractivity contribution >= 4 is 30.1 Å². The molecule has 1 amide bonds. The van der Waals surface area contributed by atoms with E-state index >= 15 is 0 Å². The number of halogens is 1. The maximum Gasteiger partial charge on any atom is 0.223 e. The minimum absolute atomic E-state index is 0. The Balaban J connectivity index is 0.00000162. The van der Waals surface area contributed by atoms with Crippen LogP contribution >= 0.6 is 24.2 Å². The second-order valence-corrected chi connectivity index (χ2v) is 7.56. The molecule has 1 unspecified atom stereocenters. The molecule has 1 spiro atoms. The van der Waals surface area contributed by atoms with Gasteiger partial charge in [0, 0.05) is 17.2 Å². The van der Waals surface area contributed by atoms with E-state index in [0.717, 1.165) is 26.1 Å². The smallest absolute Gasteiger partial charge is 0.223 e. The summed E-state index contributed by atoms with van der Waals surface area (Å²) in [5.41, 5.74) is 0.360. The Morgan fingerprint density at radius 2 is 2.06 bits per heavy atom. The van der Waals surface area contributed by atoms with Crippen molar-refractivity contribution < 1.29 is 4.79 Å². The van der Waals surface area contributed by atoms with Gasteiger partial charge in [0.1, 0.15) is 0 Å². The number of carbonyl (C=O) groups is 1. The van der Waals surface area contributed by atoms with Gasteiger partial charge in [-0.1, -0.05) is 0 Å². The Labute approximate surface area is 121 Å². The predicted octanol–water partition coefficient (Wildman–Crippen LogP) is 2.06. The number of nitrogens with one attached hydrogen (secondary N) is 2. The van der Waals surface area contributed by atoms with Gasteiger partial charge in [-0.3, -0.25) is 4.79 Å². The average molecular weight is 293 g/mol. The molecule has 5 heteroatoms. The summed E-state index contributed by atoms with van der Waals surface area (Å²) < 4.78 is 0.145. The summed E-state index contributed by atoms with van der Waals surface area (Å²) in [7, 11) is 0. The lowest BCUT2D eigenvalue weighted by Crippen LogP contribution is -2.39. The molecule has 1 atom stereocenters. The zero-order valence-corrected chi connectivity index (χ0v) is 13.2. The molecule has 0 aromatic heterocycles. The maximum atomic E-state index is 12.1. The summed E-state index contributed by atoms with van der Waals surface area (Å²) in [4.78, 5) is 12.1. The number of rotatable bonds is 4. The number of piperidine rings is 1. The molecular formula is C13H25ClN2OS. The fourth-order valence-corrected chi connectivity index (χ4v) is 2.91. The molecule has 2 fully saturated rings. The average Bonchev–Trinajstić information content (AvgIpc) is 3.01. The van der Waals surface area contributed by atoms with Crippen LogP contribution in [0.25, 0.3) is 0 Å². The molecule has 0 aromatic rings. The monoisotopic (exact) mass is 292 g/mol. The van der Waals surface area contributed by atoms with Gasteiger partial charge in [-0.2, -0.15) is 11.8 Å². The van der Waals surface area contributed by atoms with Crippen molar-refractivity contribution in [2.24, 2.45) is 11.3 Å². The van der Waals surface area contributed by atoms with E-state index in [-0.39, 0.29) is 23.1 Å². The summed E-state index contributed by atoms with van der Waals surface area (Å²) >= 11 is 1.80. The lowest BCUT2D eigenvalue weighted by Gasteiger charge is -2.25. The van der Waals surface area contributed by atoms with E-state index in [9.17, 15) is 4.79 Å². The molecule has 0 bridgehead atoms. The van der Waals surface area contributed by atoms with E-state index in [2.05, 4.69) is 30.7 Å². The molecule has 2 N–H and O–H groups in total. The van der Waals surface area contributed by atoms with Crippen molar-refractivity contribution in [2.75, 3.05) is 25.9 Å². The predicted molar refractivity (Wildman–Crippen MR) is 80.5 cm³/mol. The number of hydrogen-bond acceptors (Lipinski definition) is 3. The van der Waals surface area contributed by atoms with Gasteiger partial charge in [-0.25, -0.2) is 0 Å². The number of amides is 1. The zero-order chi connectivity index (χ0) is 12.5. The van der Waals surface area contributed by atoms with Gasteiger partial charge < -0.3 is 10.6 Å². The Hall–Kier alpha value is 0.0700. The number of hydrogen-bond donors (Lipinski definition) is 2. The maximum absolute atomic E-state index is 12.1. The van der Waals surface area contributed by atoms with Crippen molar-refractivity contribution in [3.05, 3.63) is 0 Å². The van der Waals surface area contributed by atoms with E-state index in [1.807, 2.05) is 0 Å². The zero-order valence-electron chi connectivity index (χ0n) is 11.5. The molecule has 1 heterocycles. The Bertz CT molecular complexity index is 303. The molecule has 1 saturated carbocycles. The first-order chi connectivity index (χ1) is 7.99. The second kappa shape index (κ2) is 6.02. The van der Waals surface area contributed by atoms with E-state index in [1.54, 1.807) is 11.8 Å². The summed E-state index contributed by atoms with van der Waals surface area (Å²) in [5.74, 6) is 0.580. The highest BCUT2D eigenvalue weighted by molar-refractivity contribution is 7.99. The molecule has 2 aliphatic rings. The summed E-state index contributed by atoms with van der Waals surface area (Å²) in [6.07, 6.45) is 5.56. The molecular weight excluding hydrogens is 268 g/mol. The minimum atomic E-state index is 0. The van der Waals surface area contributed by atoms with Crippen LogP contribution in [0, 0.1) is 11.3 Å². The van der Waals surface area contributed by atoms with Crippen LogP contribution in [0.15, 0.2) is 0 Å². The standard InChI is InChI=1S/C13H24N2OS.ClH/c1-12(2,17-3)9-15-11(16)10-8-13(10)4-6-14-7-5-13;/h10,14H,4-9H2,1-3H3,(H,15,16);1H. The molecule has 18 heavy (non-hydrogen) atoms. The molecule has 106 valence electrons. The topological polar surface area (TPSA) is 41.1 Å². The van der Waals surface area contributed by atoms with Crippen molar-refractivity contribution in [3.63, 3.8) is 0 Å².